The number of aryl methyl sites for hydroxylation is 1. The summed E-state index contributed by atoms with van der Waals surface area (Å²) in [5.41, 5.74) is 1.72. The zero-order valence-electron chi connectivity index (χ0n) is 11.9. The highest BCUT2D eigenvalue weighted by Crippen LogP contribution is 2.14. The van der Waals surface area contributed by atoms with E-state index in [1.807, 2.05) is 24.3 Å². The van der Waals surface area contributed by atoms with Gasteiger partial charge in [0.15, 0.2) is 6.61 Å². The summed E-state index contributed by atoms with van der Waals surface area (Å²) >= 11 is 0. The van der Waals surface area contributed by atoms with Crippen molar-refractivity contribution in [3.63, 3.8) is 0 Å². The van der Waals surface area contributed by atoms with E-state index in [9.17, 15) is 9.90 Å². The SMILES string of the molecule is CCc1cccc(OCC(=O)Nc2ncccc2CO)c1. The number of amides is 1. The third kappa shape index (κ3) is 4.29. The van der Waals surface area contributed by atoms with Gasteiger partial charge in [0.1, 0.15) is 11.6 Å². The lowest BCUT2D eigenvalue weighted by atomic mass is 10.2. The second-order valence-electron chi connectivity index (χ2n) is 4.51. The zero-order chi connectivity index (χ0) is 15.1. The Bertz CT molecular complexity index is 614. The molecule has 2 rings (SSSR count). The van der Waals surface area contributed by atoms with Gasteiger partial charge >= 0.3 is 0 Å². The molecule has 2 N–H and O–H groups in total. The van der Waals surface area contributed by atoms with Crippen molar-refractivity contribution in [2.24, 2.45) is 0 Å². The molecule has 0 unspecified atom stereocenters. The van der Waals surface area contributed by atoms with Gasteiger partial charge in [-0.15, -0.1) is 0 Å². The van der Waals surface area contributed by atoms with Crippen molar-refractivity contribution in [3.8, 4) is 5.75 Å². The number of nitrogens with one attached hydrogen (secondary N) is 1. The molecular weight excluding hydrogens is 268 g/mol. The quantitative estimate of drug-likeness (QED) is 0.853. The van der Waals surface area contributed by atoms with Crippen LogP contribution < -0.4 is 10.1 Å². The Morgan fingerprint density at radius 2 is 2.19 bits per heavy atom. The summed E-state index contributed by atoms with van der Waals surface area (Å²) < 4.78 is 5.45. The summed E-state index contributed by atoms with van der Waals surface area (Å²) in [6, 6.07) is 11.0. The number of aromatic nitrogens is 1. The van der Waals surface area contributed by atoms with Crippen LogP contribution in [0.2, 0.25) is 0 Å². The highest BCUT2D eigenvalue weighted by Gasteiger charge is 2.08. The molecule has 0 aliphatic carbocycles. The van der Waals surface area contributed by atoms with Crippen molar-refractivity contribution in [2.45, 2.75) is 20.0 Å². The maximum absolute atomic E-state index is 11.9. The van der Waals surface area contributed by atoms with Gasteiger partial charge < -0.3 is 15.2 Å². The normalized spacial score (nSPS) is 10.2. The Labute approximate surface area is 123 Å². The van der Waals surface area contributed by atoms with Crippen molar-refractivity contribution < 1.29 is 14.6 Å². The predicted molar refractivity (Wildman–Crippen MR) is 80.1 cm³/mol. The molecule has 0 spiro atoms. The van der Waals surface area contributed by atoms with E-state index in [1.54, 1.807) is 18.3 Å². The fraction of sp³-hybridized carbons (Fsp3) is 0.250. The van der Waals surface area contributed by atoms with Crippen LogP contribution in [-0.2, 0) is 17.8 Å². The van der Waals surface area contributed by atoms with Crippen LogP contribution in [0, 0.1) is 0 Å². The zero-order valence-corrected chi connectivity index (χ0v) is 11.9. The van der Waals surface area contributed by atoms with Gasteiger partial charge in [-0.1, -0.05) is 25.1 Å². The Morgan fingerprint density at radius 1 is 1.33 bits per heavy atom. The Morgan fingerprint density at radius 3 is 2.95 bits per heavy atom. The first-order chi connectivity index (χ1) is 10.2. The van der Waals surface area contributed by atoms with Crippen LogP contribution in [0.3, 0.4) is 0 Å². The molecular formula is C16H18N2O3. The first-order valence-electron chi connectivity index (χ1n) is 6.79. The smallest absolute Gasteiger partial charge is 0.263 e. The number of carbonyl (C=O) groups is 1. The van der Waals surface area contributed by atoms with Gasteiger partial charge in [-0.25, -0.2) is 4.98 Å². The average molecular weight is 286 g/mol. The highest BCUT2D eigenvalue weighted by molar-refractivity contribution is 5.91. The van der Waals surface area contributed by atoms with E-state index in [0.717, 1.165) is 12.0 Å². The third-order valence-corrected chi connectivity index (χ3v) is 3.00. The number of carbonyl (C=O) groups excluding carboxylic acids is 1. The van der Waals surface area contributed by atoms with Crippen LogP contribution in [-0.4, -0.2) is 22.6 Å². The number of hydrogen-bond donors (Lipinski definition) is 2. The van der Waals surface area contributed by atoms with Crippen molar-refractivity contribution in [2.75, 3.05) is 11.9 Å². The lowest BCUT2D eigenvalue weighted by molar-refractivity contribution is -0.118. The maximum Gasteiger partial charge on any atom is 0.263 e. The van der Waals surface area contributed by atoms with Gasteiger partial charge in [0, 0.05) is 11.8 Å². The first kappa shape index (κ1) is 15.0. The number of aliphatic hydroxyl groups is 1. The Kier molecular flexibility index (Phi) is 5.29. The van der Waals surface area contributed by atoms with E-state index >= 15 is 0 Å². The summed E-state index contributed by atoms with van der Waals surface area (Å²) in [6.07, 6.45) is 2.47. The molecule has 0 saturated heterocycles. The topological polar surface area (TPSA) is 71.5 Å². The van der Waals surface area contributed by atoms with Gasteiger partial charge in [-0.2, -0.15) is 0 Å². The van der Waals surface area contributed by atoms with Gasteiger partial charge in [0.2, 0.25) is 0 Å². The molecule has 0 aliphatic rings. The molecule has 2 aromatic rings. The molecule has 0 aliphatic heterocycles. The second kappa shape index (κ2) is 7.40. The Hall–Kier alpha value is -2.40. The molecule has 5 heteroatoms. The van der Waals surface area contributed by atoms with Gasteiger partial charge in [-0.3, -0.25) is 4.79 Å². The molecule has 1 aromatic carbocycles. The van der Waals surface area contributed by atoms with E-state index in [4.69, 9.17) is 4.74 Å². The number of nitrogens with zero attached hydrogens (tertiary/aromatic N) is 1. The molecule has 5 nitrogen and oxygen atoms in total. The van der Waals surface area contributed by atoms with Crippen molar-refractivity contribution in [3.05, 3.63) is 53.7 Å². The second-order valence-corrected chi connectivity index (χ2v) is 4.51. The fourth-order valence-corrected chi connectivity index (χ4v) is 1.85. The number of anilines is 1. The predicted octanol–water partition coefficient (Wildman–Crippen LogP) is 2.15. The number of aliphatic hydroxyl groups excluding tert-OH is 1. The lowest BCUT2D eigenvalue weighted by Gasteiger charge is -2.09. The number of hydrogen-bond acceptors (Lipinski definition) is 4. The van der Waals surface area contributed by atoms with Crippen LogP contribution in [0.25, 0.3) is 0 Å². The largest absolute Gasteiger partial charge is 0.484 e. The average Bonchev–Trinajstić information content (AvgIpc) is 2.53. The van der Waals surface area contributed by atoms with Crippen LogP contribution in [0.5, 0.6) is 5.75 Å². The van der Waals surface area contributed by atoms with Crippen LogP contribution in [0.1, 0.15) is 18.1 Å². The Balaban J connectivity index is 1.92. The number of pyridine rings is 1. The number of rotatable bonds is 6. The molecule has 0 radical (unpaired) electrons. The molecule has 0 atom stereocenters. The number of ether oxygens (including phenoxy) is 1. The summed E-state index contributed by atoms with van der Waals surface area (Å²) in [5.74, 6) is 0.703. The summed E-state index contributed by atoms with van der Waals surface area (Å²) in [5, 5.41) is 11.8. The molecule has 0 saturated carbocycles. The van der Waals surface area contributed by atoms with E-state index in [2.05, 4.69) is 17.2 Å². The summed E-state index contributed by atoms with van der Waals surface area (Å²) in [6.45, 7) is 1.78. The molecule has 1 amide bonds. The van der Waals surface area contributed by atoms with Crippen molar-refractivity contribution in [1.29, 1.82) is 0 Å². The number of benzene rings is 1. The van der Waals surface area contributed by atoms with Crippen LogP contribution in [0.15, 0.2) is 42.6 Å². The molecule has 110 valence electrons. The van der Waals surface area contributed by atoms with E-state index in [-0.39, 0.29) is 19.1 Å². The minimum Gasteiger partial charge on any atom is -0.484 e. The van der Waals surface area contributed by atoms with Crippen molar-refractivity contribution >= 4 is 11.7 Å². The van der Waals surface area contributed by atoms with Gasteiger partial charge in [0.05, 0.1) is 6.61 Å². The van der Waals surface area contributed by atoms with Crippen molar-refractivity contribution in [1.82, 2.24) is 4.98 Å². The monoisotopic (exact) mass is 286 g/mol. The fourth-order valence-electron chi connectivity index (χ4n) is 1.85. The molecule has 1 aromatic heterocycles. The van der Waals surface area contributed by atoms with E-state index in [1.165, 1.54) is 0 Å². The molecule has 0 fully saturated rings. The molecule has 0 bridgehead atoms. The maximum atomic E-state index is 11.9. The third-order valence-electron chi connectivity index (χ3n) is 3.00. The van der Waals surface area contributed by atoms with Gasteiger partial charge in [0.25, 0.3) is 5.91 Å². The standard InChI is InChI=1S/C16H18N2O3/c1-2-12-5-3-7-14(9-12)21-11-15(20)18-16-13(10-19)6-4-8-17-16/h3-9,19H,2,10-11H2,1H3,(H,17,18,20). The van der Waals surface area contributed by atoms with E-state index < -0.39 is 0 Å². The van der Waals surface area contributed by atoms with Crippen LogP contribution in [0.4, 0.5) is 5.82 Å². The van der Waals surface area contributed by atoms with Crippen LogP contribution >= 0.6 is 0 Å². The van der Waals surface area contributed by atoms with Gasteiger partial charge in [-0.05, 0) is 30.2 Å². The minimum atomic E-state index is -0.315. The minimum absolute atomic E-state index is 0.103. The first-order valence-corrected chi connectivity index (χ1v) is 6.79. The molecule has 1 heterocycles. The highest BCUT2D eigenvalue weighted by atomic mass is 16.5. The lowest BCUT2D eigenvalue weighted by Crippen LogP contribution is -2.21. The van der Waals surface area contributed by atoms with E-state index in [0.29, 0.717) is 17.1 Å². The molecule has 21 heavy (non-hydrogen) atoms. The summed E-state index contributed by atoms with van der Waals surface area (Å²) in [7, 11) is 0. The summed E-state index contributed by atoms with van der Waals surface area (Å²) in [4.78, 5) is 15.9.